The van der Waals surface area contributed by atoms with E-state index in [0.717, 1.165) is 16.8 Å². The molecule has 0 aliphatic heterocycles. The number of pyridine rings is 1. The predicted octanol–water partition coefficient (Wildman–Crippen LogP) is 3.89. The van der Waals surface area contributed by atoms with Crippen LogP contribution in [0.3, 0.4) is 0 Å². The van der Waals surface area contributed by atoms with E-state index in [0.29, 0.717) is 6.04 Å². The molecule has 2 N–H and O–H groups in total. The molecule has 106 valence electrons. The first-order valence-corrected chi connectivity index (χ1v) is 7.54. The normalized spacial score (nSPS) is 16.5. The maximum atomic E-state index is 6.10. The lowest BCUT2D eigenvalue weighted by molar-refractivity contribution is 0.428. The van der Waals surface area contributed by atoms with Gasteiger partial charge < -0.3 is 10.6 Å². The molecular weight excluding hydrogens is 246 g/mol. The van der Waals surface area contributed by atoms with Crippen molar-refractivity contribution in [2.45, 2.75) is 45.1 Å². The van der Waals surface area contributed by atoms with E-state index in [1.165, 1.54) is 43.2 Å². The number of hydrogen-bond acceptors (Lipinski definition) is 3. The fourth-order valence-electron chi connectivity index (χ4n) is 3.32. The summed E-state index contributed by atoms with van der Waals surface area (Å²) in [7, 11) is 2.22. The smallest absolute Gasteiger partial charge is 0.0448 e. The number of aryl methyl sites for hydroxylation is 1. The zero-order valence-corrected chi connectivity index (χ0v) is 12.4. The summed E-state index contributed by atoms with van der Waals surface area (Å²) in [6.07, 6.45) is 8.58. The maximum absolute atomic E-state index is 6.10. The van der Waals surface area contributed by atoms with E-state index in [-0.39, 0.29) is 0 Å². The Kier molecular flexibility index (Phi) is 3.51. The van der Waals surface area contributed by atoms with E-state index in [4.69, 9.17) is 5.73 Å². The van der Waals surface area contributed by atoms with Gasteiger partial charge in [-0.05, 0) is 38.0 Å². The molecule has 0 radical (unpaired) electrons. The minimum Gasteiger partial charge on any atom is -0.398 e. The number of anilines is 2. The topological polar surface area (TPSA) is 42.1 Å². The second-order valence-corrected chi connectivity index (χ2v) is 5.95. The van der Waals surface area contributed by atoms with Crippen LogP contribution in [-0.2, 0) is 0 Å². The van der Waals surface area contributed by atoms with Crippen molar-refractivity contribution in [3.8, 4) is 0 Å². The Morgan fingerprint density at radius 2 is 1.90 bits per heavy atom. The highest BCUT2D eigenvalue weighted by Crippen LogP contribution is 2.34. The number of fused-ring (bicyclic) bond motifs is 1. The van der Waals surface area contributed by atoms with E-state index in [9.17, 15) is 0 Å². The third kappa shape index (κ3) is 2.33. The average molecular weight is 269 g/mol. The zero-order valence-electron chi connectivity index (χ0n) is 12.4. The van der Waals surface area contributed by atoms with Crippen LogP contribution in [0.15, 0.2) is 24.4 Å². The minimum atomic E-state index is 0.657. The van der Waals surface area contributed by atoms with Gasteiger partial charge in [0.1, 0.15) is 0 Å². The van der Waals surface area contributed by atoms with Crippen molar-refractivity contribution in [3.63, 3.8) is 0 Å². The SMILES string of the molecule is Cc1cc2c(N(C)C3CCCCC3)ccc(N)c2cn1. The molecule has 0 amide bonds. The lowest BCUT2D eigenvalue weighted by atomic mass is 9.93. The summed E-state index contributed by atoms with van der Waals surface area (Å²) in [4.78, 5) is 6.83. The number of aromatic nitrogens is 1. The first kappa shape index (κ1) is 13.2. The number of benzene rings is 1. The van der Waals surface area contributed by atoms with Crippen molar-refractivity contribution in [2.75, 3.05) is 17.7 Å². The van der Waals surface area contributed by atoms with Crippen LogP contribution in [0.25, 0.3) is 10.8 Å². The fraction of sp³-hybridized carbons (Fsp3) is 0.471. The van der Waals surface area contributed by atoms with Crippen LogP contribution in [-0.4, -0.2) is 18.1 Å². The molecule has 3 heteroatoms. The Morgan fingerprint density at radius 3 is 2.65 bits per heavy atom. The molecule has 0 spiro atoms. The van der Waals surface area contributed by atoms with Gasteiger partial charge in [-0.25, -0.2) is 0 Å². The number of nitrogens with zero attached hydrogens (tertiary/aromatic N) is 2. The number of nitrogens with two attached hydrogens (primary N) is 1. The van der Waals surface area contributed by atoms with E-state index in [1.54, 1.807) is 0 Å². The number of hydrogen-bond donors (Lipinski definition) is 1. The van der Waals surface area contributed by atoms with Gasteiger partial charge >= 0.3 is 0 Å². The lowest BCUT2D eigenvalue weighted by Crippen LogP contribution is -2.33. The highest BCUT2D eigenvalue weighted by molar-refractivity contribution is 6.01. The Morgan fingerprint density at radius 1 is 1.15 bits per heavy atom. The van der Waals surface area contributed by atoms with Crippen molar-refractivity contribution in [2.24, 2.45) is 0 Å². The quantitative estimate of drug-likeness (QED) is 0.841. The van der Waals surface area contributed by atoms with Crippen LogP contribution in [0.1, 0.15) is 37.8 Å². The highest BCUT2D eigenvalue weighted by Gasteiger charge is 2.20. The first-order valence-electron chi connectivity index (χ1n) is 7.54. The molecule has 1 saturated carbocycles. The Balaban J connectivity index is 2.06. The molecule has 1 fully saturated rings. The molecule has 0 saturated heterocycles. The average Bonchev–Trinajstić information content (AvgIpc) is 2.48. The molecule has 0 atom stereocenters. The summed E-state index contributed by atoms with van der Waals surface area (Å²) < 4.78 is 0. The summed E-state index contributed by atoms with van der Waals surface area (Å²) in [5, 5.41) is 2.29. The first-order chi connectivity index (χ1) is 9.66. The molecule has 3 nitrogen and oxygen atoms in total. The van der Waals surface area contributed by atoms with Crippen LogP contribution >= 0.6 is 0 Å². The number of rotatable bonds is 2. The monoisotopic (exact) mass is 269 g/mol. The molecule has 20 heavy (non-hydrogen) atoms. The van der Waals surface area contributed by atoms with Gasteiger partial charge in [-0.15, -0.1) is 0 Å². The lowest BCUT2D eigenvalue weighted by Gasteiger charge is -2.33. The Labute approximate surface area is 120 Å². The van der Waals surface area contributed by atoms with E-state index < -0.39 is 0 Å². The van der Waals surface area contributed by atoms with E-state index >= 15 is 0 Å². The van der Waals surface area contributed by atoms with Gasteiger partial charge in [-0.2, -0.15) is 0 Å². The van der Waals surface area contributed by atoms with Crippen molar-refractivity contribution >= 4 is 22.1 Å². The number of nitrogen functional groups attached to an aromatic ring is 1. The molecule has 3 rings (SSSR count). The molecule has 1 aromatic carbocycles. The van der Waals surface area contributed by atoms with E-state index in [2.05, 4.69) is 29.1 Å². The van der Waals surface area contributed by atoms with Gasteiger partial charge in [-0.3, -0.25) is 4.98 Å². The predicted molar refractivity (Wildman–Crippen MR) is 86.2 cm³/mol. The standard InChI is InChI=1S/C17H23N3/c1-12-10-14-15(11-19-12)16(18)8-9-17(14)20(2)13-6-4-3-5-7-13/h8-11,13H,3-7,18H2,1-2H3. The third-order valence-corrected chi connectivity index (χ3v) is 4.55. The van der Waals surface area contributed by atoms with Gasteiger partial charge in [0, 0.05) is 47.1 Å². The van der Waals surface area contributed by atoms with Gasteiger partial charge in [0.2, 0.25) is 0 Å². The van der Waals surface area contributed by atoms with Crippen molar-refractivity contribution in [1.82, 2.24) is 4.98 Å². The maximum Gasteiger partial charge on any atom is 0.0448 e. The second-order valence-electron chi connectivity index (χ2n) is 5.95. The molecular formula is C17H23N3. The summed E-state index contributed by atoms with van der Waals surface area (Å²) >= 11 is 0. The Bertz CT molecular complexity index is 615. The van der Waals surface area contributed by atoms with Crippen molar-refractivity contribution in [3.05, 3.63) is 30.1 Å². The highest BCUT2D eigenvalue weighted by atomic mass is 15.1. The third-order valence-electron chi connectivity index (χ3n) is 4.55. The van der Waals surface area contributed by atoms with Gasteiger partial charge in [0.15, 0.2) is 0 Å². The van der Waals surface area contributed by atoms with Crippen LogP contribution in [0.2, 0.25) is 0 Å². The molecule has 1 aliphatic carbocycles. The van der Waals surface area contributed by atoms with Crippen LogP contribution in [0.4, 0.5) is 11.4 Å². The van der Waals surface area contributed by atoms with Crippen LogP contribution < -0.4 is 10.6 Å². The molecule has 2 aromatic rings. The fourth-order valence-corrected chi connectivity index (χ4v) is 3.32. The Hall–Kier alpha value is -1.77. The molecule has 1 aliphatic rings. The largest absolute Gasteiger partial charge is 0.398 e. The van der Waals surface area contributed by atoms with Gasteiger partial charge in [0.25, 0.3) is 0 Å². The minimum absolute atomic E-state index is 0.657. The van der Waals surface area contributed by atoms with Crippen molar-refractivity contribution < 1.29 is 0 Å². The molecule has 1 heterocycles. The molecule has 0 bridgehead atoms. The summed E-state index contributed by atoms with van der Waals surface area (Å²) in [5.74, 6) is 0. The van der Waals surface area contributed by atoms with Crippen molar-refractivity contribution in [1.29, 1.82) is 0 Å². The summed E-state index contributed by atoms with van der Waals surface area (Å²) in [6, 6.07) is 6.98. The van der Waals surface area contributed by atoms with Crippen LogP contribution in [0, 0.1) is 6.92 Å². The van der Waals surface area contributed by atoms with Crippen LogP contribution in [0.5, 0.6) is 0 Å². The molecule has 0 unspecified atom stereocenters. The van der Waals surface area contributed by atoms with Gasteiger partial charge in [0.05, 0.1) is 0 Å². The van der Waals surface area contributed by atoms with Gasteiger partial charge in [-0.1, -0.05) is 19.3 Å². The molecule has 1 aromatic heterocycles. The zero-order chi connectivity index (χ0) is 14.1. The van der Waals surface area contributed by atoms with E-state index in [1.807, 2.05) is 19.2 Å². The second kappa shape index (κ2) is 5.31. The summed E-state index contributed by atoms with van der Waals surface area (Å²) in [6.45, 7) is 2.03. The summed E-state index contributed by atoms with van der Waals surface area (Å²) in [5.41, 5.74) is 9.24.